The predicted octanol–water partition coefficient (Wildman–Crippen LogP) is 3.90. The van der Waals surface area contributed by atoms with Crippen LogP contribution in [0.4, 0.5) is 0 Å². The molecule has 3 nitrogen and oxygen atoms in total. The zero-order valence-corrected chi connectivity index (χ0v) is 14.5. The number of likely N-dealkylation sites (N-methyl/N-ethyl adjacent to an activating group) is 1. The average Bonchev–Trinajstić information content (AvgIpc) is 3.04. The van der Waals surface area contributed by atoms with Crippen molar-refractivity contribution in [3.8, 4) is 0 Å². The molecule has 1 saturated heterocycles. The van der Waals surface area contributed by atoms with Crippen LogP contribution in [0.5, 0.6) is 0 Å². The van der Waals surface area contributed by atoms with Crippen LogP contribution in [-0.2, 0) is 11.3 Å². The maximum absolute atomic E-state index is 12.1. The third-order valence-electron chi connectivity index (χ3n) is 5.21. The SMILES string of the molecule is CNC(=O)[C@H]1CCCCN1Cc1ccc(C2CCCCC2)s1. The Kier molecular flexibility index (Phi) is 5.53. The molecule has 1 aromatic heterocycles. The summed E-state index contributed by atoms with van der Waals surface area (Å²) in [6.07, 6.45) is 10.3. The lowest BCUT2D eigenvalue weighted by molar-refractivity contribution is -0.127. The molecule has 2 heterocycles. The van der Waals surface area contributed by atoms with Crippen LogP contribution in [0.2, 0.25) is 0 Å². The van der Waals surface area contributed by atoms with Crippen LogP contribution < -0.4 is 5.32 Å². The fraction of sp³-hybridized carbons (Fsp3) is 0.722. The van der Waals surface area contributed by atoms with Gasteiger partial charge in [0, 0.05) is 23.3 Å². The summed E-state index contributed by atoms with van der Waals surface area (Å²) in [4.78, 5) is 17.4. The zero-order valence-electron chi connectivity index (χ0n) is 13.6. The highest BCUT2D eigenvalue weighted by Gasteiger charge is 2.28. The molecule has 0 spiro atoms. The number of hydrogen-bond donors (Lipinski definition) is 1. The van der Waals surface area contributed by atoms with Crippen molar-refractivity contribution >= 4 is 17.2 Å². The predicted molar refractivity (Wildman–Crippen MR) is 92.3 cm³/mol. The van der Waals surface area contributed by atoms with E-state index < -0.39 is 0 Å². The number of hydrogen-bond acceptors (Lipinski definition) is 3. The summed E-state index contributed by atoms with van der Waals surface area (Å²) in [5.74, 6) is 0.979. The van der Waals surface area contributed by atoms with Gasteiger partial charge in [-0.3, -0.25) is 9.69 Å². The van der Waals surface area contributed by atoms with Crippen LogP contribution in [0.15, 0.2) is 12.1 Å². The average molecular weight is 321 g/mol. The van der Waals surface area contributed by atoms with Gasteiger partial charge in [-0.2, -0.15) is 0 Å². The molecule has 1 amide bonds. The zero-order chi connectivity index (χ0) is 15.4. The first-order valence-corrected chi connectivity index (χ1v) is 9.64. The number of carbonyl (C=O) groups excluding carboxylic acids is 1. The van der Waals surface area contributed by atoms with Crippen molar-refractivity contribution < 1.29 is 4.79 Å². The fourth-order valence-electron chi connectivity index (χ4n) is 3.93. The smallest absolute Gasteiger partial charge is 0.237 e. The third kappa shape index (κ3) is 3.72. The normalized spacial score (nSPS) is 24.3. The molecule has 1 N–H and O–H groups in total. The molecule has 22 heavy (non-hydrogen) atoms. The molecular formula is C18H28N2OS. The van der Waals surface area contributed by atoms with E-state index in [1.807, 2.05) is 11.3 Å². The molecule has 0 unspecified atom stereocenters. The molecule has 1 aliphatic heterocycles. The van der Waals surface area contributed by atoms with Crippen molar-refractivity contribution in [3.05, 3.63) is 21.9 Å². The van der Waals surface area contributed by atoms with Gasteiger partial charge >= 0.3 is 0 Å². The van der Waals surface area contributed by atoms with Gasteiger partial charge in [-0.1, -0.05) is 25.7 Å². The lowest BCUT2D eigenvalue weighted by atomic mass is 9.88. The quantitative estimate of drug-likeness (QED) is 0.912. The minimum absolute atomic E-state index is 0.0685. The summed E-state index contributed by atoms with van der Waals surface area (Å²) in [7, 11) is 1.75. The van der Waals surface area contributed by atoms with E-state index in [-0.39, 0.29) is 11.9 Å². The number of thiophene rings is 1. The number of rotatable bonds is 4. The highest BCUT2D eigenvalue weighted by Crippen LogP contribution is 2.36. The molecule has 2 fully saturated rings. The van der Waals surface area contributed by atoms with Gasteiger partial charge in [-0.05, 0) is 50.3 Å². The first-order chi connectivity index (χ1) is 10.8. The van der Waals surface area contributed by atoms with E-state index in [1.165, 1.54) is 49.8 Å². The van der Waals surface area contributed by atoms with Crippen molar-refractivity contribution in [2.24, 2.45) is 0 Å². The van der Waals surface area contributed by atoms with E-state index in [9.17, 15) is 4.79 Å². The molecule has 0 radical (unpaired) electrons. The Hall–Kier alpha value is -0.870. The van der Waals surface area contributed by atoms with E-state index >= 15 is 0 Å². The van der Waals surface area contributed by atoms with Crippen LogP contribution in [0.3, 0.4) is 0 Å². The van der Waals surface area contributed by atoms with Gasteiger partial charge in [0.25, 0.3) is 0 Å². The lowest BCUT2D eigenvalue weighted by Crippen LogP contribution is -2.48. The molecule has 2 aliphatic rings. The number of likely N-dealkylation sites (tertiary alicyclic amines) is 1. The Morgan fingerprint density at radius 3 is 2.73 bits per heavy atom. The number of amides is 1. The van der Waals surface area contributed by atoms with Crippen LogP contribution in [0.1, 0.15) is 67.0 Å². The van der Waals surface area contributed by atoms with E-state index in [4.69, 9.17) is 0 Å². The topological polar surface area (TPSA) is 32.3 Å². The Balaban J connectivity index is 1.64. The largest absolute Gasteiger partial charge is 0.358 e. The minimum Gasteiger partial charge on any atom is -0.358 e. The Morgan fingerprint density at radius 2 is 1.95 bits per heavy atom. The van der Waals surface area contributed by atoms with Gasteiger partial charge in [0.2, 0.25) is 5.91 Å². The third-order valence-corrected chi connectivity index (χ3v) is 6.44. The summed E-state index contributed by atoms with van der Waals surface area (Å²) < 4.78 is 0. The molecule has 1 aliphatic carbocycles. The maximum Gasteiger partial charge on any atom is 0.237 e. The summed E-state index contributed by atoms with van der Waals surface area (Å²) in [5, 5.41) is 2.83. The molecule has 1 atom stereocenters. The highest BCUT2D eigenvalue weighted by atomic mass is 32.1. The van der Waals surface area contributed by atoms with Gasteiger partial charge in [-0.25, -0.2) is 0 Å². The van der Waals surface area contributed by atoms with E-state index in [0.717, 1.165) is 25.4 Å². The number of piperidine rings is 1. The van der Waals surface area contributed by atoms with Crippen molar-refractivity contribution in [1.82, 2.24) is 10.2 Å². The Bertz CT molecular complexity index is 493. The first kappa shape index (κ1) is 16.0. The molecule has 1 saturated carbocycles. The number of nitrogens with zero attached hydrogens (tertiary/aromatic N) is 1. The highest BCUT2D eigenvalue weighted by molar-refractivity contribution is 7.12. The Labute approximate surface area is 138 Å². The molecule has 1 aromatic rings. The monoisotopic (exact) mass is 320 g/mol. The van der Waals surface area contributed by atoms with E-state index in [0.29, 0.717) is 0 Å². The molecule has 0 bridgehead atoms. The van der Waals surface area contributed by atoms with Gasteiger partial charge in [0.15, 0.2) is 0 Å². The summed E-state index contributed by atoms with van der Waals surface area (Å²) in [6, 6.07) is 4.71. The summed E-state index contributed by atoms with van der Waals surface area (Å²) >= 11 is 1.98. The molecule has 3 rings (SSSR count). The van der Waals surface area contributed by atoms with Crippen molar-refractivity contribution in [3.63, 3.8) is 0 Å². The van der Waals surface area contributed by atoms with E-state index in [2.05, 4.69) is 22.3 Å². The van der Waals surface area contributed by atoms with Crippen molar-refractivity contribution in [2.75, 3.05) is 13.6 Å². The number of nitrogens with one attached hydrogen (secondary N) is 1. The number of carbonyl (C=O) groups is 1. The summed E-state index contributed by atoms with van der Waals surface area (Å²) in [6.45, 7) is 1.99. The Morgan fingerprint density at radius 1 is 1.18 bits per heavy atom. The van der Waals surface area contributed by atoms with E-state index in [1.54, 1.807) is 11.9 Å². The van der Waals surface area contributed by atoms with Crippen LogP contribution in [-0.4, -0.2) is 30.4 Å². The van der Waals surface area contributed by atoms with Gasteiger partial charge in [0.1, 0.15) is 0 Å². The van der Waals surface area contributed by atoms with Crippen molar-refractivity contribution in [2.45, 2.75) is 69.9 Å². The maximum atomic E-state index is 12.1. The van der Waals surface area contributed by atoms with Crippen LogP contribution in [0, 0.1) is 0 Å². The molecule has 122 valence electrons. The lowest BCUT2D eigenvalue weighted by Gasteiger charge is -2.34. The second-order valence-corrected chi connectivity index (χ2v) is 7.94. The second kappa shape index (κ2) is 7.60. The minimum atomic E-state index is 0.0685. The van der Waals surface area contributed by atoms with Gasteiger partial charge in [-0.15, -0.1) is 11.3 Å². The van der Waals surface area contributed by atoms with Gasteiger partial charge in [0.05, 0.1) is 6.04 Å². The fourth-order valence-corrected chi connectivity index (χ4v) is 5.14. The standard InChI is InChI=1S/C18H28N2OS/c1-19-18(21)16-9-5-6-12-20(16)13-15-10-11-17(22-15)14-7-3-2-4-8-14/h10-11,14,16H,2-9,12-13H2,1H3,(H,19,21)/t16-/m1/s1. The second-order valence-electron chi connectivity index (χ2n) is 6.74. The molecule has 4 heteroatoms. The van der Waals surface area contributed by atoms with Crippen LogP contribution >= 0.6 is 11.3 Å². The van der Waals surface area contributed by atoms with Gasteiger partial charge < -0.3 is 5.32 Å². The van der Waals surface area contributed by atoms with Crippen molar-refractivity contribution in [1.29, 1.82) is 0 Å². The molecule has 0 aromatic carbocycles. The van der Waals surface area contributed by atoms with Crippen LogP contribution in [0.25, 0.3) is 0 Å². The molecular weight excluding hydrogens is 292 g/mol. The first-order valence-electron chi connectivity index (χ1n) is 8.82. The summed E-state index contributed by atoms with van der Waals surface area (Å²) in [5.41, 5.74) is 0.